The summed E-state index contributed by atoms with van der Waals surface area (Å²) in [4.78, 5) is 11.9. The minimum Gasteiger partial charge on any atom is -0.388 e. The van der Waals surface area contributed by atoms with Crippen molar-refractivity contribution in [1.29, 1.82) is 0 Å². The Kier molecular flexibility index (Phi) is 10.8. The minimum absolute atomic E-state index is 0.0983. The highest BCUT2D eigenvalue weighted by Crippen LogP contribution is 2.11. The van der Waals surface area contributed by atoms with Gasteiger partial charge in [-0.1, -0.05) is 38.1 Å². The predicted octanol–water partition coefficient (Wildman–Crippen LogP) is 5.20. The third-order valence-electron chi connectivity index (χ3n) is 2.47. The van der Waals surface area contributed by atoms with Crippen molar-refractivity contribution < 1.29 is 4.79 Å². The van der Waals surface area contributed by atoms with Crippen LogP contribution in [0.25, 0.3) is 0 Å². The summed E-state index contributed by atoms with van der Waals surface area (Å²) in [5, 5.41) is 5.85. The smallest absolute Gasteiger partial charge is 0.255 e. The second-order valence-corrected chi connectivity index (χ2v) is 4.06. The number of anilines is 2. The zero-order chi connectivity index (χ0) is 16.8. The monoisotopic (exact) mass is 298 g/mol. The molecule has 0 aromatic heterocycles. The normalized spacial score (nSPS) is 8.36. The fraction of sp³-hybridized carbons (Fsp3) is 0.211. The van der Waals surface area contributed by atoms with E-state index in [0.29, 0.717) is 5.56 Å². The second kappa shape index (κ2) is 12.2. The maximum Gasteiger partial charge on any atom is 0.255 e. The molecule has 0 saturated carbocycles. The molecular weight excluding hydrogens is 272 g/mol. The Labute approximate surface area is 134 Å². The van der Waals surface area contributed by atoms with Crippen LogP contribution in [0.5, 0.6) is 0 Å². The Bertz CT molecular complexity index is 533. The summed E-state index contributed by atoms with van der Waals surface area (Å²) in [5.74, 6) is -0.0983. The van der Waals surface area contributed by atoms with Crippen molar-refractivity contribution in [3.63, 3.8) is 0 Å². The van der Waals surface area contributed by atoms with Crippen molar-refractivity contribution in [2.45, 2.75) is 20.8 Å². The Hall–Kier alpha value is -2.55. The van der Waals surface area contributed by atoms with Crippen LogP contribution in [0.3, 0.4) is 0 Å². The fourth-order valence-electron chi connectivity index (χ4n) is 1.51. The van der Waals surface area contributed by atoms with Gasteiger partial charge in [-0.25, -0.2) is 0 Å². The molecule has 2 N–H and O–H groups in total. The molecule has 0 heterocycles. The first kappa shape index (κ1) is 19.4. The van der Waals surface area contributed by atoms with Crippen LogP contribution in [-0.4, -0.2) is 13.0 Å². The number of carbonyl (C=O) groups is 1. The summed E-state index contributed by atoms with van der Waals surface area (Å²) in [5.41, 5.74) is 2.43. The van der Waals surface area contributed by atoms with Gasteiger partial charge in [-0.2, -0.15) is 0 Å². The van der Waals surface area contributed by atoms with Crippen LogP contribution in [0.15, 0.2) is 67.3 Å². The Balaban J connectivity index is 0.000000789. The average Bonchev–Trinajstić information content (AvgIpc) is 2.58. The van der Waals surface area contributed by atoms with E-state index in [2.05, 4.69) is 17.2 Å². The number of allylic oxidation sites excluding steroid dienone is 1. The van der Waals surface area contributed by atoms with Gasteiger partial charge in [0, 0.05) is 24.0 Å². The van der Waals surface area contributed by atoms with Crippen molar-refractivity contribution in [2.75, 3.05) is 17.7 Å². The average molecular weight is 298 g/mol. The van der Waals surface area contributed by atoms with E-state index in [1.807, 2.05) is 70.3 Å². The molecule has 0 bridgehead atoms. The predicted molar refractivity (Wildman–Crippen MR) is 97.6 cm³/mol. The summed E-state index contributed by atoms with van der Waals surface area (Å²) in [6.45, 7) is 9.25. The van der Waals surface area contributed by atoms with Gasteiger partial charge in [0.1, 0.15) is 0 Å². The minimum atomic E-state index is -0.0983. The molecule has 2 rings (SSSR count). The van der Waals surface area contributed by atoms with Crippen LogP contribution in [0, 0.1) is 0 Å². The number of para-hydroxylation sites is 1. The molecule has 22 heavy (non-hydrogen) atoms. The first-order valence-electron chi connectivity index (χ1n) is 7.42. The van der Waals surface area contributed by atoms with Crippen molar-refractivity contribution in [3.8, 4) is 0 Å². The summed E-state index contributed by atoms with van der Waals surface area (Å²) in [6.07, 6.45) is 1.75. The van der Waals surface area contributed by atoms with E-state index in [9.17, 15) is 4.79 Å². The summed E-state index contributed by atoms with van der Waals surface area (Å²) >= 11 is 0. The molecule has 0 atom stereocenters. The number of hydrogen-bond acceptors (Lipinski definition) is 2. The zero-order valence-corrected chi connectivity index (χ0v) is 13.9. The molecule has 3 nitrogen and oxygen atoms in total. The van der Waals surface area contributed by atoms with E-state index in [4.69, 9.17) is 0 Å². The Morgan fingerprint density at radius 3 is 1.91 bits per heavy atom. The molecule has 1 amide bonds. The molecule has 0 saturated heterocycles. The van der Waals surface area contributed by atoms with E-state index in [-0.39, 0.29) is 5.91 Å². The van der Waals surface area contributed by atoms with Crippen LogP contribution < -0.4 is 10.6 Å². The maximum absolute atomic E-state index is 11.9. The summed E-state index contributed by atoms with van der Waals surface area (Å²) in [7, 11) is 1.85. The van der Waals surface area contributed by atoms with Crippen molar-refractivity contribution >= 4 is 17.3 Å². The van der Waals surface area contributed by atoms with Crippen LogP contribution in [0.4, 0.5) is 11.4 Å². The fourth-order valence-corrected chi connectivity index (χ4v) is 1.51. The van der Waals surface area contributed by atoms with E-state index in [1.54, 1.807) is 18.2 Å². The number of nitrogens with one attached hydrogen (secondary N) is 2. The van der Waals surface area contributed by atoms with Crippen LogP contribution >= 0.6 is 0 Å². The third-order valence-corrected chi connectivity index (χ3v) is 2.47. The first-order valence-corrected chi connectivity index (χ1v) is 7.42. The lowest BCUT2D eigenvalue weighted by Crippen LogP contribution is -2.11. The Morgan fingerprint density at radius 2 is 1.45 bits per heavy atom. The van der Waals surface area contributed by atoms with Gasteiger partial charge in [0.15, 0.2) is 0 Å². The summed E-state index contributed by atoms with van der Waals surface area (Å²) in [6, 6.07) is 16.8. The molecule has 2 aromatic carbocycles. The quantitative estimate of drug-likeness (QED) is 0.765. The highest BCUT2D eigenvalue weighted by Gasteiger charge is 2.04. The number of benzene rings is 2. The van der Waals surface area contributed by atoms with Crippen LogP contribution in [0.2, 0.25) is 0 Å². The standard InChI is InChI=1S/C14H14N2O.C3H6.C2H6/c1-15-12-9-7-11(8-10-12)14(17)16-13-5-3-2-4-6-13;1-3-2;1-2/h2-10,15H,1H3,(H,16,17);3H,1H2,2H3;1-2H3. The largest absolute Gasteiger partial charge is 0.388 e. The lowest BCUT2D eigenvalue weighted by molar-refractivity contribution is 0.102. The second-order valence-electron chi connectivity index (χ2n) is 4.06. The van der Waals surface area contributed by atoms with E-state index in [0.717, 1.165) is 11.4 Å². The number of amides is 1. The Morgan fingerprint density at radius 1 is 0.955 bits per heavy atom. The van der Waals surface area contributed by atoms with E-state index in [1.165, 1.54) is 0 Å². The molecule has 0 spiro atoms. The van der Waals surface area contributed by atoms with Crippen LogP contribution in [-0.2, 0) is 0 Å². The van der Waals surface area contributed by atoms with E-state index < -0.39 is 0 Å². The van der Waals surface area contributed by atoms with Gasteiger partial charge in [0.2, 0.25) is 0 Å². The maximum atomic E-state index is 11.9. The first-order chi connectivity index (χ1) is 10.7. The molecule has 118 valence electrons. The van der Waals surface area contributed by atoms with Gasteiger partial charge in [-0.3, -0.25) is 4.79 Å². The summed E-state index contributed by atoms with van der Waals surface area (Å²) < 4.78 is 0. The van der Waals surface area contributed by atoms with Gasteiger partial charge in [-0.15, -0.1) is 6.58 Å². The SMILES string of the molecule is C=CC.CC.CNc1ccc(C(=O)Nc2ccccc2)cc1. The highest BCUT2D eigenvalue weighted by molar-refractivity contribution is 6.04. The number of rotatable bonds is 3. The van der Waals surface area contributed by atoms with Crippen molar-refractivity contribution in [3.05, 3.63) is 72.8 Å². The van der Waals surface area contributed by atoms with Gasteiger partial charge in [0.25, 0.3) is 5.91 Å². The number of carbonyl (C=O) groups excluding carboxylic acids is 1. The number of hydrogen-bond donors (Lipinski definition) is 2. The molecule has 2 aromatic rings. The molecule has 0 aliphatic rings. The van der Waals surface area contributed by atoms with Gasteiger partial charge in [0.05, 0.1) is 0 Å². The topological polar surface area (TPSA) is 41.1 Å². The van der Waals surface area contributed by atoms with E-state index >= 15 is 0 Å². The van der Waals surface area contributed by atoms with Gasteiger partial charge in [-0.05, 0) is 43.3 Å². The van der Waals surface area contributed by atoms with Crippen molar-refractivity contribution in [1.82, 2.24) is 0 Å². The molecule has 0 radical (unpaired) electrons. The molecule has 0 aliphatic heterocycles. The molecule has 3 heteroatoms. The zero-order valence-electron chi connectivity index (χ0n) is 13.9. The highest BCUT2D eigenvalue weighted by atomic mass is 16.1. The van der Waals surface area contributed by atoms with Gasteiger partial charge >= 0.3 is 0 Å². The molecular formula is C19H26N2O. The third kappa shape index (κ3) is 7.29. The lowest BCUT2D eigenvalue weighted by Gasteiger charge is -2.05. The molecule has 0 aliphatic carbocycles. The molecule has 0 fully saturated rings. The van der Waals surface area contributed by atoms with Gasteiger partial charge < -0.3 is 10.6 Å². The molecule has 0 unspecified atom stereocenters. The van der Waals surface area contributed by atoms with Crippen molar-refractivity contribution in [2.24, 2.45) is 0 Å². The lowest BCUT2D eigenvalue weighted by atomic mass is 10.2. The van der Waals surface area contributed by atoms with Crippen LogP contribution in [0.1, 0.15) is 31.1 Å².